The third kappa shape index (κ3) is 4.49. The van der Waals surface area contributed by atoms with Crippen molar-refractivity contribution in [1.82, 2.24) is 24.3 Å². The molecule has 0 saturated carbocycles. The highest BCUT2D eigenvalue weighted by molar-refractivity contribution is 5.83. The summed E-state index contributed by atoms with van der Waals surface area (Å²) in [5, 5.41) is 0. The molecule has 6 rings (SSSR count). The largest absolute Gasteiger partial charge is 0.323 e. The first kappa shape index (κ1) is 22.1. The molecule has 2 aromatic heterocycles. The maximum absolute atomic E-state index is 12.0. The summed E-state index contributed by atoms with van der Waals surface area (Å²) in [7, 11) is 0. The van der Waals surface area contributed by atoms with Gasteiger partial charge in [0.25, 0.3) is 0 Å². The number of rotatable bonds is 5. The van der Waals surface area contributed by atoms with Crippen LogP contribution >= 0.6 is 0 Å². The van der Waals surface area contributed by atoms with Crippen molar-refractivity contribution >= 4 is 11.0 Å². The minimum atomic E-state index is -0.598. The number of aromatic amines is 2. The quantitative estimate of drug-likeness (QED) is 0.440. The maximum Gasteiger partial charge on any atom is 0.314 e. The number of hydrogen-bond acceptors (Lipinski definition) is 4. The van der Waals surface area contributed by atoms with E-state index in [9.17, 15) is 9.59 Å². The summed E-state index contributed by atoms with van der Waals surface area (Å²) in [4.78, 5) is 34.6. The maximum atomic E-state index is 12.0. The zero-order valence-electron chi connectivity index (χ0n) is 19.9. The van der Waals surface area contributed by atoms with Crippen LogP contribution in [0.3, 0.4) is 0 Å². The lowest BCUT2D eigenvalue weighted by Gasteiger charge is -2.34. The molecule has 2 aliphatic rings. The van der Waals surface area contributed by atoms with Crippen molar-refractivity contribution < 1.29 is 0 Å². The van der Waals surface area contributed by atoms with Crippen LogP contribution in [0.4, 0.5) is 0 Å². The molecule has 35 heavy (non-hydrogen) atoms. The Balaban J connectivity index is 1.20. The van der Waals surface area contributed by atoms with Gasteiger partial charge in [-0.25, -0.2) is 0 Å². The second kappa shape index (κ2) is 9.32. The van der Waals surface area contributed by atoms with Crippen LogP contribution in [0.2, 0.25) is 0 Å². The van der Waals surface area contributed by atoms with E-state index in [0.29, 0.717) is 5.52 Å². The first-order chi connectivity index (χ1) is 17.1. The summed E-state index contributed by atoms with van der Waals surface area (Å²) in [6, 6.07) is 14.9. The predicted molar refractivity (Wildman–Crippen MR) is 138 cm³/mol. The molecule has 7 nitrogen and oxygen atoms in total. The van der Waals surface area contributed by atoms with Gasteiger partial charge < -0.3 is 14.5 Å². The number of nitrogens with one attached hydrogen (secondary N) is 2. The van der Waals surface area contributed by atoms with Crippen LogP contribution in [-0.2, 0) is 25.9 Å². The minimum absolute atomic E-state index is 0.579. The van der Waals surface area contributed by atoms with E-state index in [1.807, 2.05) is 6.07 Å². The van der Waals surface area contributed by atoms with Gasteiger partial charge in [0.1, 0.15) is 0 Å². The van der Waals surface area contributed by atoms with Crippen molar-refractivity contribution in [3.63, 3.8) is 0 Å². The van der Waals surface area contributed by atoms with Crippen molar-refractivity contribution in [1.29, 1.82) is 0 Å². The smallest absolute Gasteiger partial charge is 0.314 e. The Morgan fingerprint density at radius 1 is 0.743 bits per heavy atom. The van der Waals surface area contributed by atoms with Crippen LogP contribution in [0.1, 0.15) is 35.1 Å². The SMILES string of the molecule is O=c1[nH]c2cc(-n3ccc(CN4CCN(Cc5ccccc5)CC4)c3)c3c(c2[nH]c1=O)CCCC3. The van der Waals surface area contributed by atoms with E-state index in [1.165, 1.54) is 22.3 Å². The number of benzene rings is 2. The number of aromatic nitrogens is 3. The van der Waals surface area contributed by atoms with Gasteiger partial charge in [-0.15, -0.1) is 0 Å². The van der Waals surface area contributed by atoms with Crippen LogP contribution in [0, 0.1) is 0 Å². The second-order valence-corrected chi connectivity index (χ2v) is 9.86. The van der Waals surface area contributed by atoms with Crippen LogP contribution in [0.25, 0.3) is 16.7 Å². The zero-order valence-corrected chi connectivity index (χ0v) is 19.9. The van der Waals surface area contributed by atoms with Gasteiger partial charge in [-0.1, -0.05) is 30.3 Å². The molecule has 0 atom stereocenters. The molecule has 1 fully saturated rings. The van der Waals surface area contributed by atoms with Crippen molar-refractivity contribution in [2.24, 2.45) is 0 Å². The van der Waals surface area contributed by atoms with E-state index < -0.39 is 11.1 Å². The third-order valence-electron chi connectivity index (χ3n) is 7.47. The topological polar surface area (TPSA) is 77.1 Å². The molecular weight excluding hydrogens is 438 g/mol. The molecule has 0 radical (unpaired) electrons. The van der Waals surface area contributed by atoms with Crippen molar-refractivity contribution in [3.8, 4) is 5.69 Å². The summed E-state index contributed by atoms with van der Waals surface area (Å²) < 4.78 is 2.19. The van der Waals surface area contributed by atoms with E-state index in [2.05, 4.69) is 73.1 Å². The first-order valence-electron chi connectivity index (χ1n) is 12.6. The van der Waals surface area contributed by atoms with Crippen molar-refractivity contribution in [2.45, 2.75) is 38.8 Å². The molecule has 2 N–H and O–H groups in total. The first-order valence-corrected chi connectivity index (χ1v) is 12.6. The van der Waals surface area contributed by atoms with Crippen LogP contribution in [-0.4, -0.2) is 50.5 Å². The summed E-state index contributed by atoms with van der Waals surface area (Å²) >= 11 is 0. The Bertz CT molecular complexity index is 1460. The monoisotopic (exact) mass is 469 g/mol. The highest BCUT2D eigenvalue weighted by Crippen LogP contribution is 2.32. The van der Waals surface area contributed by atoms with Crippen LogP contribution < -0.4 is 11.1 Å². The molecule has 0 unspecified atom stereocenters. The predicted octanol–water partition coefficient (Wildman–Crippen LogP) is 3.20. The van der Waals surface area contributed by atoms with Crippen molar-refractivity contribution in [2.75, 3.05) is 26.2 Å². The van der Waals surface area contributed by atoms with E-state index in [-0.39, 0.29) is 0 Å². The van der Waals surface area contributed by atoms with E-state index >= 15 is 0 Å². The molecular formula is C28H31N5O2. The summed E-state index contributed by atoms with van der Waals surface area (Å²) in [5.74, 6) is 0. The van der Waals surface area contributed by atoms with E-state index in [0.717, 1.165) is 76.2 Å². The average molecular weight is 470 g/mol. The second-order valence-electron chi connectivity index (χ2n) is 9.86. The molecule has 0 amide bonds. The number of hydrogen-bond donors (Lipinski definition) is 2. The molecule has 1 aliphatic carbocycles. The minimum Gasteiger partial charge on any atom is -0.323 e. The lowest BCUT2D eigenvalue weighted by atomic mass is 9.89. The normalized spacial score (nSPS) is 17.0. The van der Waals surface area contributed by atoms with E-state index in [4.69, 9.17) is 0 Å². The standard InChI is InChI=1S/C28H31N5O2/c34-27-28(35)30-26-23-9-5-4-8-22(23)25(16-24(26)29-27)33-11-10-21(19-33)18-32-14-12-31(13-15-32)17-20-6-2-1-3-7-20/h1-3,6-7,10-11,16,19H,4-5,8-9,12-15,17-18H2,(H,29,34)(H,30,35). The molecule has 0 bridgehead atoms. The average Bonchev–Trinajstić information content (AvgIpc) is 3.34. The molecule has 7 heteroatoms. The summed E-state index contributed by atoms with van der Waals surface area (Å²) in [6.07, 6.45) is 8.49. The molecule has 1 aliphatic heterocycles. The number of H-pyrrole nitrogens is 2. The Morgan fingerprint density at radius 3 is 2.14 bits per heavy atom. The van der Waals surface area contributed by atoms with Gasteiger partial charge in [-0.05, 0) is 60.1 Å². The fraction of sp³-hybridized carbons (Fsp3) is 0.357. The molecule has 4 aromatic rings. The van der Waals surface area contributed by atoms with Gasteiger partial charge >= 0.3 is 11.1 Å². The zero-order chi connectivity index (χ0) is 23.8. The summed E-state index contributed by atoms with van der Waals surface area (Å²) in [6.45, 7) is 6.26. The van der Waals surface area contributed by atoms with Crippen LogP contribution in [0.15, 0.2) is 64.4 Å². The van der Waals surface area contributed by atoms with Gasteiger partial charge in [0, 0.05) is 51.7 Å². The van der Waals surface area contributed by atoms with Gasteiger partial charge in [0.2, 0.25) is 0 Å². The number of aryl methyl sites for hydroxylation is 1. The molecule has 180 valence electrons. The Labute approximate surface area is 204 Å². The van der Waals surface area contributed by atoms with E-state index in [1.54, 1.807) is 0 Å². The molecule has 1 saturated heterocycles. The summed E-state index contributed by atoms with van der Waals surface area (Å²) in [5.41, 5.74) is 6.54. The fourth-order valence-electron chi connectivity index (χ4n) is 5.63. The lowest BCUT2D eigenvalue weighted by Crippen LogP contribution is -2.45. The Hall–Kier alpha value is -3.42. The molecule has 2 aromatic carbocycles. The number of fused-ring (bicyclic) bond motifs is 3. The van der Waals surface area contributed by atoms with Gasteiger partial charge in [-0.3, -0.25) is 19.4 Å². The highest BCUT2D eigenvalue weighted by Gasteiger charge is 2.21. The number of piperazine rings is 1. The third-order valence-corrected chi connectivity index (χ3v) is 7.47. The molecule has 0 spiro atoms. The van der Waals surface area contributed by atoms with Crippen LogP contribution in [0.5, 0.6) is 0 Å². The molecule has 3 heterocycles. The highest BCUT2D eigenvalue weighted by atomic mass is 16.2. The van der Waals surface area contributed by atoms with Gasteiger partial charge in [0.05, 0.1) is 16.7 Å². The van der Waals surface area contributed by atoms with Gasteiger partial charge in [0.15, 0.2) is 0 Å². The van der Waals surface area contributed by atoms with Crippen molar-refractivity contribution in [3.05, 3.63) is 97.8 Å². The fourth-order valence-corrected chi connectivity index (χ4v) is 5.63. The Kier molecular flexibility index (Phi) is 5.88. The lowest BCUT2D eigenvalue weighted by molar-refractivity contribution is 0.122. The Morgan fingerprint density at radius 2 is 1.40 bits per heavy atom. The van der Waals surface area contributed by atoms with Gasteiger partial charge in [-0.2, -0.15) is 0 Å². The number of nitrogens with zero attached hydrogens (tertiary/aromatic N) is 3.